The second-order valence-electron chi connectivity index (χ2n) is 5.57. The third-order valence-electron chi connectivity index (χ3n) is 3.83. The maximum atomic E-state index is 13.8. The Morgan fingerprint density at radius 2 is 2.35 bits per heavy atom. The smallest absolute Gasteiger partial charge is 0.248 e. The standard InChI is InChI=1S/C15H22FN3O/c1-9(6-12-4-3-5-18-12)19-14-8-11(15(17)20)7-13(16)10(14)2/h7-9,12,18-19H,3-6H2,1-2H3,(H2,17,20). The van der Waals surface area contributed by atoms with Crippen LogP contribution in [0.5, 0.6) is 0 Å². The SMILES string of the molecule is Cc1c(F)cc(C(N)=O)cc1NC(C)CC1CCCN1. The number of nitrogens with one attached hydrogen (secondary N) is 2. The van der Waals surface area contributed by atoms with Gasteiger partial charge in [-0.05, 0) is 51.8 Å². The Bertz CT molecular complexity index is 498. The van der Waals surface area contributed by atoms with E-state index in [2.05, 4.69) is 17.6 Å². The van der Waals surface area contributed by atoms with Crippen LogP contribution in [-0.2, 0) is 0 Å². The van der Waals surface area contributed by atoms with Crippen LogP contribution < -0.4 is 16.4 Å². The Labute approximate surface area is 118 Å². The number of primary amides is 1. The van der Waals surface area contributed by atoms with Gasteiger partial charge in [0.1, 0.15) is 5.82 Å². The molecule has 1 aromatic carbocycles. The molecule has 0 saturated carbocycles. The molecule has 2 rings (SSSR count). The van der Waals surface area contributed by atoms with Gasteiger partial charge in [-0.1, -0.05) is 0 Å². The van der Waals surface area contributed by atoms with Crippen LogP contribution in [0.1, 0.15) is 42.1 Å². The molecule has 0 aromatic heterocycles. The van der Waals surface area contributed by atoms with E-state index in [1.807, 2.05) is 0 Å². The van der Waals surface area contributed by atoms with Crippen LogP contribution in [0.15, 0.2) is 12.1 Å². The summed E-state index contributed by atoms with van der Waals surface area (Å²) in [6.07, 6.45) is 3.37. The van der Waals surface area contributed by atoms with E-state index in [-0.39, 0.29) is 11.6 Å². The van der Waals surface area contributed by atoms with Gasteiger partial charge in [0.2, 0.25) is 5.91 Å². The summed E-state index contributed by atoms with van der Waals surface area (Å²) in [5.41, 5.74) is 6.58. The number of benzene rings is 1. The maximum Gasteiger partial charge on any atom is 0.248 e. The zero-order valence-electron chi connectivity index (χ0n) is 12.0. The van der Waals surface area contributed by atoms with Gasteiger partial charge in [0.05, 0.1) is 0 Å². The number of carbonyl (C=O) groups is 1. The molecule has 0 bridgehead atoms. The van der Waals surface area contributed by atoms with Gasteiger partial charge in [0.25, 0.3) is 0 Å². The largest absolute Gasteiger partial charge is 0.382 e. The van der Waals surface area contributed by atoms with Crippen molar-refractivity contribution in [2.45, 2.75) is 45.2 Å². The van der Waals surface area contributed by atoms with E-state index in [0.717, 1.165) is 13.0 Å². The number of nitrogens with two attached hydrogens (primary N) is 1. The first kappa shape index (κ1) is 14.8. The Kier molecular flexibility index (Phi) is 4.60. The number of hydrogen-bond donors (Lipinski definition) is 3. The van der Waals surface area contributed by atoms with E-state index < -0.39 is 11.7 Å². The zero-order valence-corrected chi connectivity index (χ0v) is 12.0. The number of hydrogen-bond acceptors (Lipinski definition) is 3. The Hall–Kier alpha value is -1.62. The molecule has 1 heterocycles. The average molecular weight is 279 g/mol. The summed E-state index contributed by atoms with van der Waals surface area (Å²) in [4.78, 5) is 11.2. The summed E-state index contributed by atoms with van der Waals surface area (Å²) in [7, 11) is 0. The average Bonchev–Trinajstić information content (AvgIpc) is 2.87. The van der Waals surface area contributed by atoms with E-state index >= 15 is 0 Å². The molecule has 1 amide bonds. The van der Waals surface area contributed by atoms with Crippen molar-refractivity contribution in [2.75, 3.05) is 11.9 Å². The molecule has 0 spiro atoms. The van der Waals surface area contributed by atoms with Crippen LogP contribution >= 0.6 is 0 Å². The summed E-state index contributed by atoms with van der Waals surface area (Å²) in [5, 5.41) is 6.73. The van der Waals surface area contributed by atoms with Crippen molar-refractivity contribution in [3.05, 3.63) is 29.1 Å². The van der Waals surface area contributed by atoms with Gasteiger partial charge in [-0.25, -0.2) is 4.39 Å². The Balaban J connectivity index is 2.09. The van der Waals surface area contributed by atoms with Crippen molar-refractivity contribution >= 4 is 11.6 Å². The molecule has 20 heavy (non-hydrogen) atoms. The molecule has 1 fully saturated rings. The third-order valence-corrected chi connectivity index (χ3v) is 3.83. The molecule has 0 radical (unpaired) electrons. The zero-order chi connectivity index (χ0) is 14.7. The van der Waals surface area contributed by atoms with Crippen LogP contribution in [0.3, 0.4) is 0 Å². The fourth-order valence-electron chi connectivity index (χ4n) is 2.68. The van der Waals surface area contributed by atoms with Gasteiger partial charge in [0, 0.05) is 28.9 Å². The van der Waals surface area contributed by atoms with Gasteiger partial charge < -0.3 is 16.4 Å². The van der Waals surface area contributed by atoms with E-state index in [1.165, 1.54) is 18.9 Å². The molecule has 1 saturated heterocycles. The third kappa shape index (κ3) is 3.48. The van der Waals surface area contributed by atoms with Crippen molar-refractivity contribution in [3.8, 4) is 0 Å². The fourth-order valence-corrected chi connectivity index (χ4v) is 2.68. The highest BCUT2D eigenvalue weighted by Gasteiger charge is 2.18. The highest BCUT2D eigenvalue weighted by Crippen LogP contribution is 2.23. The van der Waals surface area contributed by atoms with Crippen molar-refractivity contribution in [2.24, 2.45) is 5.73 Å². The maximum absolute atomic E-state index is 13.8. The molecule has 1 aliphatic rings. The van der Waals surface area contributed by atoms with Gasteiger partial charge in [-0.15, -0.1) is 0 Å². The van der Waals surface area contributed by atoms with E-state index in [1.54, 1.807) is 13.0 Å². The van der Waals surface area contributed by atoms with Crippen LogP contribution in [0.25, 0.3) is 0 Å². The topological polar surface area (TPSA) is 67.2 Å². The minimum absolute atomic E-state index is 0.196. The van der Waals surface area contributed by atoms with E-state index in [4.69, 9.17) is 5.73 Å². The normalized spacial score (nSPS) is 19.9. The minimum Gasteiger partial charge on any atom is -0.382 e. The molecule has 4 nitrogen and oxygen atoms in total. The van der Waals surface area contributed by atoms with Crippen LogP contribution in [0.2, 0.25) is 0 Å². The van der Waals surface area contributed by atoms with Gasteiger partial charge >= 0.3 is 0 Å². The Morgan fingerprint density at radius 1 is 1.60 bits per heavy atom. The predicted octanol–water partition coefficient (Wildman–Crippen LogP) is 2.18. The summed E-state index contributed by atoms with van der Waals surface area (Å²) < 4.78 is 13.8. The second kappa shape index (κ2) is 6.22. The molecule has 4 N–H and O–H groups in total. The lowest BCUT2D eigenvalue weighted by Crippen LogP contribution is -2.29. The van der Waals surface area contributed by atoms with Gasteiger partial charge in [-0.2, -0.15) is 0 Å². The second-order valence-corrected chi connectivity index (χ2v) is 5.57. The molecule has 110 valence electrons. The molecule has 0 aliphatic carbocycles. The monoisotopic (exact) mass is 279 g/mol. The molecule has 2 atom stereocenters. The highest BCUT2D eigenvalue weighted by atomic mass is 19.1. The first-order valence-corrected chi connectivity index (χ1v) is 7.07. The summed E-state index contributed by atoms with van der Waals surface area (Å²) in [6.45, 7) is 4.83. The Morgan fingerprint density at radius 3 is 2.95 bits per heavy atom. The number of anilines is 1. The van der Waals surface area contributed by atoms with Crippen molar-refractivity contribution in [1.29, 1.82) is 0 Å². The summed E-state index contributed by atoms with van der Waals surface area (Å²) in [5.74, 6) is -1.02. The van der Waals surface area contributed by atoms with Gasteiger partial charge in [0.15, 0.2) is 0 Å². The lowest BCUT2D eigenvalue weighted by Gasteiger charge is -2.21. The highest BCUT2D eigenvalue weighted by molar-refractivity contribution is 5.94. The first-order valence-electron chi connectivity index (χ1n) is 7.07. The van der Waals surface area contributed by atoms with Gasteiger partial charge in [-0.3, -0.25) is 4.79 Å². The number of rotatable bonds is 5. The quantitative estimate of drug-likeness (QED) is 0.774. The van der Waals surface area contributed by atoms with Crippen LogP contribution in [0.4, 0.5) is 10.1 Å². The molecule has 5 heteroatoms. The van der Waals surface area contributed by atoms with Crippen molar-refractivity contribution in [1.82, 2.24) is 5.32 Å². The molecular weight excluding hydrogens is 257 g/mol. The fraction of sp³-hybridized carbons (Fsp3) is 0.533. The van der Waals surface area contributed by atoms with E-state index in [9.17, 15) is 9.18 Å². The molecule has 1 aromatic rings. The summed E-state index contributed by atoms with van der Waals surface area (Å²) in [6, 6.07) is 3.53. The lowest BCUT2D eigenvalue weighted by atomic mass is 10.0. The number of halogens is 1. The first-order chi connectivity index (χ1) is 9.47. The molecule has 1 aliphatic heterocycles. The minimum atomic E-state index is -0.614. The van der Waals surface area contributed by atoms with Crippen molar-refractivity contribution in [3.63, 3.8) is 0 Å². The van der Waals surface area contributed by atoms with E-state index in [0.29, 0.717) is 17.3 Å². The number of amides is 1. The molecule has 2 unspecified atom stereocenters. The van der Waals surface area contributed by atoms with Crippen LogP contribution in [0, 0.1) is 12.7 Å². The molecular formula is C15H22FN3O. The predicted molar refractivity (Wildman–Crippen MR) is 78.4 cm³/mol. The number of carbonyl (C=O) groups excluding carboxylic acids is 1. The van der Waals surface area contributed by atoms with Crippen molar-refractivity contribution < 1.29 is 9.18 Å². The summed E-state index contributed by atoms with van der Waals surface area (Å²) >= 11 is 0. The lowest BCUT2D eigenvalue weighted by molar-refractivity contribution is 0.1000. The van der Waals surface area contributed by atoms with Crippen LogP contribution in [-0.4, -0.2) is 24.5 Å².